The minimum atomic E-state index is -0.607. The summed E-state index contributed by atoms with van der Waals surface area (Å²) in [4.78, 5) is 29.6. The minimum Gasteiger partial charge on any atom is -0.325 e. The molecule has 5 heteroatoms. The van der Waals surface area contributed by atoms with Gasteiger partial charge in [-0.05, 0) is 47.9 Å². The van der Waals surface area contributed by atoms with Crippen molar-refractivity contribution in [1.82, 2.24) is 4.98 Å². The van der Waals surface area contributed by atoms with Crippen LogP contribution >= 0.6 is 11.6 Å². The number of hydrogen-bond donors (Lipinski definition) is 1. The van der Waals surface area contributed by atoms with Gasteiger partial charge in [0, 0.05) is 34.2 Å². The molecule has 1 unspecified atom stereocenters. The Morgan fingerprint density at radius 2 is 1.89 bits per heavy atom. The van der Waals surface area contributed by atoms with E-state index in [0.717, 1.165) is 11.1 Å². The Morgan fingerprint density at radius 1 is 1.07 bits per heavy atom. The highest BCUT2D eigenvalue weighted by atomic mass is 35.5. The number of nitrogens with zero attached hydrogens (tertiary/aromatic N) is 1. The number of nitrogens with one attached hydrogen (secondary N) is 1. The molecule has 0 spiro atoms. The number of pyridine rings is 1. The first-order valence-corrected chi connectivity index (χ1v) is 9.29. The first-order valence-electron chi connectivity index (χ1n) is 8.91. The number of allylic oxidation sites excluding steroid dienone is 1. The van der Waals surface area contributed by atoms with Gasteiger partial charge in [-0.25, -0.2) is 0 Å². The molecule has 2 aromatic carbocycles. The zero-order valence-corrected chi connectivity index (χ0v) is 15.7. The van der Waals surface area contributed by atoms with Gasteiger partial charge in [0.2, 0.25) is 5.91 Å². The lowest BCUT2D eigenvalue weighted by Crippen LogP contribution is -2.17. The van der Waals surface area contributed by atoms with Gasteiger partial charge in [0.15, 0.2) is 5.78 Å². The Balaban J connectivity index is 1.79. The predicted octanol–water partition coefficient (Wildman–Crippen LogP) is 4.82. The van der Waals surface area contributed by atoms with Crippen LogP contribution in [0.25, 0.3) is 0 Å². The fraction of sp³-hybridized carbons (Fsp3) is 0.0870. The summed E-state index contributed by atoms with van der Waals surface area (Å²) in [7, 11) is 0. The molecule has 28 heavy (non-hydrogen) atoms. The zero-order valence-electron chi connectivity index (χ0n) is 14.9. The molecule has 3 aromatic rings. The van der Waals surface area contributed by atoms with Crippen molar-refractivity contribution in [2.75, 3.05) is 5.32 Å². The quantitative estimate of drug-likeness (QED) is 0.503. The lowest BCUT2D eigenvalue weighted by Gasteiger charge is -2.15. The van der Waals surface area contributed by atoms with Gasteiger partial charge < -0.3 is 5.32 Å². The highest BCUT2D eigenvalue weighted by molar-refractivity contribution is 6.33. The summed E-state index contributed by atoms with van der Waals surface area (Å²) in [6, 6.07) is 18.6. The van der Waals surface area contributed by atoms with Gasteiger partial charge in [0.05, 0.1) is 5.92 Å². The number of aromatic nitrogens is 1. The number of carbonyl (C=O) groups is 2. The second kappa shape index (κ2) is 7.79. The maximum atomic E-state index is 12.8. The molecule has 0 bridgehead atoms. The smallest absolute Gasteiger partial charge is 0.236 e. The largest absolute Gasteiger partial charge is 0.325 e. The van der Waals surface area contributed by atoms with E-state index in [9.17, 15) is 9.59 Å². The SMILES string of the molecule is O=C(/C=C(\Cc1ccccc1)C1C(=O)Nc2cccc(Cl)c21)c1cccnc1. The Morgan fingerprint density at radius 3 is 2.64 bits per heavy atom. The van der Waals surface area contributed by atoms with Gasteiger partial charge in [0.1, 0.15) is 0 Å². The van der Waals surface area contributed by atoms with Crippen LogP contribution in [0.1, 0.15) is 27.4 Å². The molecule has 0 saturated heterocycles. The molecule has 138 valence electrons. The molecule has 0 radical (unpaired) electrons. The van der Waals surface area contributed by atoms with Crippen LogP contribution in [0.5, 0.6) is 0 Å². The molecule has 4 nitrogen and oxygen atoms in total. The predicted molar refractivity (Wildman–Crippen MR) is 110 cm³/mol. The average Bonchev–Trinajstić information content (AvgIpc) is 3.06. The van der Waals surface area contributed by atoms with Crippen LogP contribution in [0.4, 0.5) is 5.69 Å². The van der Waals surface area contributed by atoms with Gasteiger partial charge in [-0.2, -0.15) is 0 Å². The molecular weight excluding hydrogens is 372 g/mol. The fourth-order valence-electron chi connectivity index (χ4n) is 3.46. The number of hydrogen-bond acceptors (Lipinski definition) is 3. The molecule has 0 fully saturated rings. The van der Waals surface area contributed by atoms with Crippen LogP contribution in [0, 0.1) is 0 Å². The second-order valence-electron chi connectivity index (χ2n) is 6.61. The first kappa shape index (κ1) is 18.1. The third-order valence-electron chi connectivity index (χ3n) is 4.75. The standard InChI is InChI=1S/C23H17ClN2O2/c24-18-9-4-10-19-22(18)21(23(28)26-19)17(12-15-6-2-1-3-7-15)13-20(27)16-8-5-11-25-14-16/h1-11,13-14,21H,12H2,(H,26,28)/b17-13+. The summed E-state index contributed by atoms with van der Waals surface area (Å²) < 4.78 is 0. The van der Waals surface area contributed by atoms with Gasteiger partial charge in [-0.3, -0.25) is 14.6 Å². The molecule has 0 aliphatic carbocycles. The minimum absolute atomic E-state index is 0.177. The van der Waals surface area contributed by atoms with E-state index in [1.807, 2.05) is 36.4 Å². The molecule has 1 atom stereocenters. The Labute approximate surface area is 167 Å². The van der Waals surface area contributed by atoms with E-state index in [0.29, 0.717) is 28.3 Å². The molecule has 2 heterocycles. The van der Waals surface area contributed by atoms with Crippen molar-refractivity contribution < 1.29 is 9.59 Å². The summed E-state index contributed by atoms with van der Waals surface area (Å²) in [5.74, 6) is -0.971. The van der Waals surface area contributed by atoms with Gasteiger partial charge in [-0.15, -0.1) is 0 Å². The summed E-state index contributed by atoms with van der Waals surface area (Å²) in [5, 5.41) is 3.39. The molecule has 1 aromatic heterocycles. The van der Waals surface area contributed by atoms with Crippen LogP contribution in [-0.4, -0.2) is 16.7 Å². The lowest BCUT2D eigenvalue weighted by molar-refractivity contribution is -0.116. The van der Waals surface area contributed by atoms with Crippen molar-refractivity contribution in [2.45, 2.75) is 12.3 Å². The number of rotatable bonds is 5. The summed E-state index contributed by atoms with van der Waals surface area (Å²) in [6.07, 6.45) is 5.16. The fourth-order valence-corrected chi connectivity index (χ4v) is 3.74. The molecule has 4 rings (SSSR count). The monoisotopic (exact) mass is 388 g/mol. The molecule has 1 amide bonds. The van der Waals surface area contributed by atoms with E-state index in [1.165, 1.54) is 6.20 Å². The third-order valence-corrected chi connectivity index (χ3v) is 5.08. The molecule has 0 saturated carbocycles. The molecular formula is C23H17ClN2O2. The number of amides is 1. The van der Waals surface area contributed by atoms with E-state index < -0.39 is 5.92 Å². The van der Waals surface area contributed by atoms with Crippen molar-refractivity contribution >= 4 is 29.0 Å². The van der Waals surface area contributed by atoms with Crippen LogP contribution in [0.15, 0.2) is 84.7 Å². The summed E-state index contributed by atoms with van der Waals surface area (Å²) in [6.45, 7) is 0. The maximum Gasteiger partial charge on any atom is 0.236 e. The van der Waals surface area contributed by atoms with E-state index in [2.05, 4.69) is 10.3 Å². The number of anilines is 1. The van der Waals surface area contributed by atoms with E-state index >= 15 is 0 Å². The third kappa shape index (κ3) is 3.59. The molecule has 1 N–H and O–H groups in total. The molecule has 1 aliphatic rings. The molecule has 1 aliphatic heterocycles. The summed E-state index contributed by atoms with van der Waals surface area (Å²) >= 11 is 6.42. The summed E-state index contributed by atoms with van der Waals surface area (Å²) in [5.41, 5.74) is 3.60. The van der Waals surface area contributed by atoms with Gasteiger partial charge in [-0.1, -0.05) is 48.0 Å². The Hall–Kier alpha value is -3.24. The first-order chi connectivity index (χ1) is 13.6. The van der Waals surface area contributed by atoms with Crippen molar-refractivity contribution in [1.29, 1.82) is 0 Å². The number of benzene rings is 2. The highest BCUT2D eigenvalue weighted by Gasteiger charge is 2.35. The Kier molecular flexibility index (Phi) is 5.04. The number of ketones is 1. The normalized spacial score (nSPS) is 15.8. The van der Waals surface area contributed by atoms with Crippen LogP contribution in [0.3, 0.4) is 0 Å². The van der Waals surface area contributed by atoms with Crippen LogP contribution in [0.2, 0.25) is 5.02 Å². The zero-order chi connectivity index (χ0) is 19.5. The van der Waals surface area contributed by atoms with Crippen molar-refractivity contribution in [3.8, 4) is 0 Å². The van der Waals surface area contributed by atoms with Gasteiger partial charge >= 0.3 is 0 Å². The number of halogens is 1. The van der Waals surface area contributed by atoms with Crippen LogP contribution in [-0.2, 0) is 11.2 Å². The van der Waals surface area contributed by atoms with Crippen LogP contribution < -0.4 is 5.32 Å². The maximum absolute atomic E-state index is 12.8. The topological polar surface area (TPSA) is 59.1 Å². The number of fused-ring (bicyclic) bond motifs is 1. The van der Waals surface area contributed by atoms with Crippen molar-refractivity contribution in [3.05, 3.63) is 106 Å². The van der Waals surface area contributed by atoms with E-state index in [4.69, 9.17) is 11.6 Å². The van der Waals surface area contributed by atoms with Crippen molar-refractivity contribution in [2.24, 2.45) is 0 Å². The average molecular weight is 389 g/mol. The number of carbonyl (C=O) groups excluding carboxylic acids is 2. The van der Waals surface area contributed by atoms with Crippen molar-refractivity contribution in [3.63, 3.8) is 0 Å². The van der Waals surface area contributed by atoms with Gasteiger partial charge in [0.25, 0.3) is 0 Å². The van der Waals surface area contributed by atoms with E-state index in [-0.39, 0.29) is 11.7 Å². The Bertz CT molecular complexity index is 1060. The second-order valence-corrected chi connectivity index (χ2v) is 7.02. The van der Waals surface area contributed by atoms with E-state index in [1.54, 1.807) is 36.5 Å². The lowest BCUT2D eigenvalue weighted by atomic mass is 9.87. The highest BCUT2D eigenvalue weighted by Crippen LogP contribution is 2.42.